The predicted molar refractivity (Wildman–Crippen MR) is 170 cm³/mol. The van der Waals surface area contributed by atoms with Gasteiger partial charge in [0.25, 0.3) is 5.91 Å². The van der Waals surface area contributed by atoms with E-state index in [2.05, 4.69) is 44.8 Å². The third kappa shape index (κ3) is 8.18. The van der Waals surface area contributed by atoms with Crippen molar-refractivity contribution in [2.45, 2.75) is 64.3 Å². The van der Waals surface area contributed by atoms with Crippen LogP contribution in [0.25, 0.3) is 11.3 Å². The van der Waals surface area contributed by atoms with Gasteiger partial charge in [-0.15, -0.1) is 0 Å². The van der Waals surface area contributed by atoms with E-state index in [9.17, 15) is 14.7 Å². The molecule has 1 saturated carbocycles. The van der Waals surface area contributed by atoms with Crippen LogP contribution < -0.4 is 15.4 Å². The molecule has 2 aliphatic rings. The molecule has 0 atom stereocenters. The summed E-state index contributed by atoms with van der Waals surface area (Å²) >= 11 is 0. The molecule has 2 heterocycles. The van der Waals surface area contributed by atoms with Crippen molar-refractivity contribution in [2.24, 2.45) is 7.05 Å². The highest BCUT2D eigenvalue weighted by Crippen LogP contribution is 2.39. The number of fused-ring (bicyclic) bond motifs is 1. The van der Waals surface area contributed by atoms with Gasteiger partial charge in [-0.3, -0.25) is 9.59 Å². The van der Waals surface area contributed by atoms with Gasteiger partial charge in [-0.2, -0.15) is 0 Å². The molecule has 2 aromatic carbocycles. The number of anilines is 1. The van der Waals surface area contributed by atoms with Crippen LogP contribution in [0.15, 0.2) is 42.6 Å². The maximum atomic E-state index is 13.3. The maximum absolute atomic E-state index is 13.3. The molecule has 5 rings (SSSR count). The molecule has 0 spiro atoms. The number of ether oxygens (including phenoxy) is 2. The van der Waals surface area contributed by atoms with E-state index in [0.29, 0.717) is 57.1 Å². The molecule has 0 bridgehead atoms. The van der Waals surface area contributed by atoms with Crippen molar-refractivity contribution < 1.29 is 24.2 Å². The summed E-state index contributed by atoms with van der Waals surface area (Å²) in [4.78, 5) is 31.7. The Labute approximate surface area is 259 Å². The van der Waals surface area contributed by atoms with Gasteiger partial charge in [0.05, 0.1) is 25.3 Å². The van der Waals surface area contributed by atoms with Gasteiger partial charge < -0.3 is 34.7 Å². The van der Waals surface area contributed by atoms with E-state index in [-0.39, 0.29) is 30.2 Å². The second-order valence-electron chi connectivity index (χ2n) is 11.8. The smallest absolute Gasteiger partial charge is 0.262 e. The van der Waals surface area contributed by atoms with Crippen molar-refractivity contribution in [1.29, 1.82) is 0 Å². The average Bonchev–Trinajstić information content (AvgIpc) is 3.38. The molecular formula is C34H45N5O5. The molecule has 44 heavy (non-hydrogen) atoms. The summed E-state index contributed by atoms with van der Waals surface area (Å²) in [5, 5.41) is 16.2. The Balaban J connectivity index is 1.06. The highest BCUT2D eigenvalue weighted by molar-refractivity contribution is 5.97. The quantitative estimate of drug-likeness (QED) is 0.185. The largest absolute Gasteiger partial charge is 0.506 e. The lowest BCUT2D eigenvalue weighted by molar-refractivity contribution is -0.135. The Morgan fingerprint density at radius 2 is 2.00 bits per heavy atom. The van der Waals surface area contributed by atoms with Crippen LogP contribution in [0.4, 0.5) is 5.69 Å². The molecular weight excluding hydrogens is 558 g/mol. The van der Waals surface area contributed by atoms with Crippen LogP contribution in [0.2, 0.25) is 0 Å². The normalized spacial score (nSPS) is 15.0. The molecule has 0 radical (unpaired) electrons. The van der Waals surface area contributed by atoms with E-state index in [1.807, 2.05) is 30.8 Å². The standard InChI is InChI=1S/C34H45N5O5/c1-24-36-29(22-38(24)2)27-8-6-7-25(21-27)14-19-43-20-15-32(42)39(28-9-4-3-5-10-28)18-17-35-16-13-26-11-12-30(40)33-34(26)44-23-31(41)37-33/h6-8,11-12,21-22,28,35,40H,3-5,9-10,13-20,23H2,1-2H3,(H,37,41). The number of phenols is 1. The first-order chi connectivity index (χ1) is 21.4. The minimum absolute atomic E-state index is 0.000233. The minimum atomic E-state index is -0.276. The van der Waals surface area contributed by atoms with Crippen LogP contribution in [0.5, 0.6) is 11.5 Å². The number of rotatable bonds is 14. The van der Waals surface area contributed by atoms with Gasteiger partial charge in [0.2, 0.25) is 5.91 Å². The molecule has 10 heteroatoms. The van der Waals surface area contributed by atoms with Gasteiger partial charge in [-0.05, 0) is 62.4 Å². The van der Waals surface area contributed by atoms with Gasteiger partial charge in [0.15, 0.2) is 12.4 Å². The summed E-state index contributed by atoms with van der Waals surface area (Å²) in [5.74, 6) is 1.39. The number of carbonyl (C=O) groups excluding carboxylic acids is 2. The molecule has 1 fully saturated rings. The molecule has 236 valence electrons. The van der Waals surface area contributed by atoms with E-state index in [1.54, 1.807) is 6.07 Å². The van der Waals surface area contributed by atoms with Crippen LogP contribution in [0.1, 0.15) is 55.5 Å². The molecule has 2 amide bonds. The topological polar surface area (TPSA) is 118 Å². The fourth-order valence-electron chi connectivity index (χ4n) is 6.04. The Hall–Kier alpha value is -3.89. The zero-order valence-corrected chi connectivity index (χ0v) is 25.9. The summed E-state index contributed by atoms with van der Waals surface area (Å²) in [6.07, 6.45) is 9.56. The third-order valence-electron chi connectivity index (χ3n) is 8.59. The number of nitrogens with zero attached hydrogens (tertiary/aromatic N) is 3. The number of aromatic hydroxyl groups is 1. The van der Waals surface area contributed by atoms with E-state index < -0.39 is 0 Å². The lowest BCUT2D eigenvalue weighted by atomic mass is 9.94. The number of hydrogen-bond acceptors (Lipinski definition) is 7. The summed E-state index contributed by atoms with van der Waals surface area (Å²) < 4.78 is 13.5. The summed E-state index contributed by atoms with van der Waals surface area (Å²) in [6.45, 7) is 4.95. The average molecular weight is 604 g/mol. The van der Waals surface area contributed by atoms with Crippen molar-refractivity contribution in [3.8, 4) is 22.8 Å². The van der Waals surface area contributed by atoms with Gasteiger partial charge in [0, 0.05) is 37.9 Å². The number of hydrogen-bond donors (Lipinski definition) is 3. The maximum Gasteiger partial charge on any atom is 0.262 e. The van der Waals surface area contributed by atoms with Gasteiger partial charge in [-0.1, -0.05) is 43.5 Å². The van der Waals surface area contributed by atoms with Crippen LogP contribution in [-0.4, -0.2) is 76.9 Å². The van der Waals surface area contributed by atoms with E-state index in [0.717, 1.165) is 54.7 Å². The number of carbonyl (C=O) groups is 2. The second-order valence-corrected chi connectivity index (χ2v) is 11.8. The number of amides is 2. The van der Waals surface area contributed by atoms with Crippen molar-refractivity contribution in [3.63, 3.8) is 0 Å². The monoisotopic (exact) mass is 603 g/mol. The SMILES string of the molecule is Cc1nc(-c2cccc(CCOCCC(=O)N(CCNCCc3ccc(O)c4c3OCC(=O)N4)C3CCCCC3)c2)cn1C. The van der Waals surface area contributed by atoms with Crippen molar-refractivity contribution in [2.75, 3.05) is 44.8 Å². The molecule has 3 N–H and O–H groups in total. The molecule has 0 saturated heterocycles. The number of imidazole rings is 1. The molecule has 0 unspecified atom stereocenters. The summed E-state index contributed by atoms with van der Waals surface area (Å²) in [5.41, 5.74) is 4.52. The fourth-order valence-corrected chi connectivity index (χ4v) is 6.04. The summed E-state index contributed by atoms with van der Waals surface area (Å²) in [6, 6.07) is 12.1. The van der Waals surface area contributed by atoms with Crippen LogP contribution in [0.3, 0.4) is 0 Å². The number of aromatic nitrogens is 2. The number of phenolic OH excluding ortho intramolecular Hbond substituents is 1. The Morgan fingerprint density at radius 1 is 1.16 bits per heavy atom. The highest BCUT2D eigenvalue weighted by atomic mass is 16.5. The first-order valence-electron chi connectivity index (χ1n) is 15.8. The van der Waals surface area contributed by atoms with Gasteiger partial charge in [0.1, 0.15) is 17.3 Å². The van der Waals surface area contributed by atoms with Crippen LogP contribution in [0, 0.1) is 6.92 Å². The van der Waals surface area contributed by atoms with Gasteiger partial charge >= 0.3 is 0 Å². The lowest BCUT2D eigenvalue weighted by Crippen LogP contribution is -2.45. The minimum Gasteiger partial charge on any atom is -0.506 e. The number of benzene rings is 2. The zero-order chi connectivity index (χ0) is 30.9. The van der Waals surface area contributed by atoms with Gasteiger partial charge in [-0.25, -0.2) is 4.98 Å². The highest BCUT2D eigenvalue weighted by Gasteiger charge is 2.25. The van der Waals surface area contributed by atoms with E-state index >= 15 is 0 Å². The second kappa shape index (κ2) is 15.2. The first-order valence-corrected chi connectivity index (χ1v) is 15.8. The number of nitrogens with one attached hydrogen (secondary N) is 2. The lowest BCUT2D eigenvalue weighted by Gasteiger charge is -2.34. The first kappa shape index (κ1) is 31.5. The number of aryl methyl sites for hydroxylation is 2. The molecule has 1 aromatic heterocycles. The van der Waals surface area contributed by atoms with Crippen molar-refractivity contribution in [3.05, 3.63) is 59.5 Å². The Bertz CT molecular complexity index is 1410. The predicted octanol–water partition coefficient (Wildman–Crippen LogP) is 4.37. The molecule has 10 nitrogen and oxygen atoms in total. The van der Waals surface area contributed by atoms with Crippen LogP contribution in [-0.2, 0) is 34.2 Å². The fraction of sp³-hybridized carbons (Fsp3) is 0.500. The summed E-state index contributed by atoms with van der Waals surface area (Å²) in [7, 11) is 2.00. The molecule has 3 aromatic rings. The van der Waals surface area contributed by atoms with Crippen molar-refractivity contribution in [1.82, 2.24) is 19.8 Å². The van der Waals surface area contributed by atoms with Crippen LogP contribution >= 0.6 is 0 Å². The Morgan fingerprint density at radius 3 is 2.80 bits per heavy atom. The van der Waals surface area contributed by atoms with Crippen molar-refractivity contribution >= 4 is 17.5 Å². The molecule has 1 aliphatic heterocycles. The van der Waals surface area contributed by atoms with E-state index in [4.69, 9.17) is 9.47 Å². The Kier molecular flexibility index (Phi) is 10.9. The van der Waals surface area contributed by atoms with E-state index in [1.165, 1.54) is 12.0 Å². The zero-order valence-electron chi connectivity index (χ0n) is 25.9. The molecule has 1 aliphatic carbocycles. The third-order valence-corrected chi connectivity index (χ3v) is 8.59.